The normalized spacial score (nSPS) is 12.4. The quantitative estimate of drug-likeness (QED) is 0.820. The molecule has 1 N–H and O–H groups in total. The van der Waals surface area contributed by atoms with E-state index in [2.05, 4.69) is 15.9 Å². The standard InChI is InChI=1S/C12H15BrO2S/c1-9(14)8-11(15)6-7-16-12-4-2-10(13)3-5-12/h2-5,11,15H,6-8H2,1H3. The Balaban J connectivity index is 2.25. The van der Waals surface area contributed by atoms with Crippen molar-refractivity contribution in [2.24, 2.45) is 0 Å². The van der Waals surface area contributed by atoms with Crippen molar-refractivity contribution in [2.45, 2.75) is 30.8 Å². The molecule has 0 heterocycles. The first kappa shape index (κ1) is 13.7. The molecule has 0 bridgehead atoms. The van der Waals surface area contributed by atoms with E-state index in [-0.39, 0.29) is 12.2 Å². The van der Waals surface area contributed by atoms with Gasteiger partial charge in [0.1, 0.15) is 5.78 Å². The molecule has 1 rings (SSSR count). The number of ketones is 1. The number of aliphatic hydroxyl groups excluding tert-OH is 1. The number of carbonyl (C=O) groups excluding carboxylic acids is 1. The first-order valence-corrected chi connectivity index (χ1v) is 6.91. The largest absolute Gasteiger partial charge is 0.393 e. The summed E-state index contributed by atoms with van der Waals surface area (Å²) in [5.74, 6) is 0.872. The minimum atomic E-state index is -0.500. The zero-order valence-electron chi connectivity index (χ0n) is 9.15. The SMILES string of the molecule is CC(=O)CC(O)CCSc1ccc(Br)cc1. The highest BCUT2D eigenvalue weighted by Crippen LogP contribution is 2.21. The maximum Gasteiger partial charge on any atom is 0.132 e. The van der Waals surface area contributed by atoms with Gasteiger partial charge >= 0.3 is 0 Å². The number of thioether (sulfide) groups is 1. The smallest absolute Gasteiger partial charge is 0.132 e. The van der Waals surface area contributed by atoms with Crippen molar-refractivity contribution in [3.05, 3.63) is 28.7 Å². The van der Waals surface area contributed by atoms with Crippen molar-refractivity contribution in [3.63, 3.8) is 0 Å². The van der Waals surface area contributed by atoms with Gasteiger partial charge in [0.15, 0.2) is 0 Å². The minimum Gasteiger partial charge on any atom is -0.393 e. The fraction of sp³-hybridized carbons (Fsp3) is 0.417. The third-order valence-electron chi connectivity index (χ3n) is 2.06. The molecule has 4 heteroatoms. The number of Topliss-reactive ketones (excluding diaryl/α,β-unsaturated/α-hetero) is 1. The molecule has 1 aromatic rings. The number of hydrogen-bond donors (Lipinski definition) is 1. The maximum absolute atomic E-state index is 10.8. The molecule has 1 aromatic carbocycles. The Morgan fingerprint density at radius 2 is 2.06 bits per heavy atom. The first-order valence-electron chi connectivity index (χ1n) is 5.14. The third kappa shape index (κ3) is 5.68. The summed E-state index contributed by atoms with van der Waals surface area (Å²) in [6.45, 7) is 1.51. The number of aliphatic hydroxyl groups is 1. The number of carbonyl (C=O) groups is 1. The molecular formula is C12H15BrO2S. The lowest BCUT2D eigenvalue weighted by molar-refractivity contribution is -0.118. The van der Waals surface area contributed by atoms with Crippen LogP contribution in [0.4, 0.5) is 0 Å². The van der Waals surface area contributed by atoms with Crippen LogP contribution in [0.1, 0.15) is 19.8 Å². The van der Waals surface area contributed by atoms with Crippen LogP contribution in [0.15, 0.2) is 33.6 Å². The minimum absolute atomic E-state index is 0.0427. The van der Waals surface area contributed by atoms with E-state index in [9.17, 15) is 9.90 Å². The van der Waals surface area contributed by atoms with Gasteiger partial charge in [0.05, 0.1) is 6.10 Å². The summed E-state index contributed by atoms with van der Waals surface area (Å²) in [5.41, 5.74) is 0. The molecule has 0 spiro atoms. The summed E-state index contributed by atoms with van der Waals surface area (Å²) >= 11 is 5.07. The average Bonchev–Trinajstić information content (AvgIpc) is 2.20. The molecule has 0 saturated carbocycles. The van der Waals surface area contributed by atoms with Crippen LogP contribution in [-0.4, -0.2) is 22.7 Å². The van der Waals surface area contributed by atoms with E-state index in [1.54, 1.807) is 11.8 Å². The first-order chi connectivity index (χ1) is 7.58. The van der Waals surface area contributed by atoms with Crippen LogP contribution in [0.3, 0.4) is 0 Å². The van der Waals surface area contributed by atoms with Crippen LogP contribution in [0.25, 0.3) is 0 Å². The molecule has 1 unspecified atom stereocenters. The summed E-state index contributed by atoms with van der Waals surface area (Å²) in [6.07, 6.45) is 0.418. The van der Waals surface area contributed by atoms with Crippen molar-refractivity contribution < 1.29 is 9.90 Å². The Morgan fingerprint density at radius 3 is 2.62 bits per heavy atom. The van der Waals surface area contributed by atoms with E-state index in [0.29, 0.717) is 6.42 Å². The summed E-state index contributed by atoms with van der Waals surface area (Å²) in [7, 11) is 0. The zero-order chi connectivity index (χ0) is 12.0. The monoisotopic (exact) mass is 302 g/mol. The molecule has 0 aromatic heterocycles. The van der Waals surface area contributed by atoms with Crippen molar-refractivity contribution in [1.29, 1.82) is 0 Å². The highest BCUT2D eigenvalue weighted by atomic mass is 79.9. The van der Waals surface area contributed by atoms with E-state index in [4.69, 9.17) is 0 Å². The lowest BCUT2D eigenvalue weighted by Gasteiger charge is -2.07. The highest BCUT2D eigenvalue weighted by molar-refractivity contribution is 9.10. The number of hydrogen-bond acceptors (Lipinski definition) is 3. The van der Waals surface area contributed by atoms with Crippen molar-refractivity contribution >= 4 is 33.5 Å². The Morgan fingerprint density at radius 1 is 1.44 bits per heavy atom. The van der Waals surface area contributed by atoms with E-state index in [1.165, 1.54) is 11.8 Å². The topological polar surface area (TPSA) is 37.3 Å². The summed E-state index contributed by atoms with van der Waals surface area (Å²) in [6, 6.07) is 8.06. The fourth-order valence-corrected chi connectivity index (χ4v) is 2.50. The zero-order valence-corrected chi connectivity index (χ0v) is 11.6. The van der Waals surface area contributed by atoms with Crippen LogP contribution >= 0.6 is 27.7 Å². The fourth-order valence-electron chi connectivity index (χ4n) is 1.28. The predicted octanol–water partition coefficient (Wildman–Crippen LogP) is 3.27. The molecule has 2 nitrogen and oxygen atoms in total. The van der Waals surface area contributed by atoms with Gasteiger partial charge in [-0.15, -0.1) is 11.8 Å². The van der Waals surface area contributed by atoms with Crippen molar-refractivity contribution in [3.8, 4) is 0 Å². The summed E-state index contributed by atoms with van der Waals surface area (Å²) in [5, 5.41) is 9.50. The molecule has 0 aliphatic heterocycles. The van der Waals surface area contributed by atoms with Crippen LogP contribution in [0.5, 0.6) is 0 Å². The van der Waals surface area contributed by atoms with Gasteiger partial charge in [0.25, 0.3) is 0 Å². The van der Waals surface area contributed by atoms with Gasteiger partial charge in [-0.3, -0.25) is 4.79 Å². The predicted molar refractivity (Wildman–Crippen MR) is 70.8 cm³/mol. The van der Waals surface area contributed by atoms with E-state index < -0.39 is 6.10 Å². The average molecular weight is 303 g/mol. The van der Waals surface area contributed by atoms with Gasteiger partial charge in [-0.05, 0) is 37.6 Å². The van der Waals surface area contributed by atoms with E-state index in [1.807, 2.05) is 24.3 Å². The molecule has 0 fully saturated rings. The molecule has 1 atom stereocenters. The molecular weight excluding hydrogens is 288 g/mol. The molecule has 88 valence electrons. The van der Waals surface area contributed by atoms with Crippen LogP contribution in [0, 0.1) is 0 Å². The molecule has 16 heavy (non-hydrogen) atoms. The number of halogens is 1. The molecule has 0 saturated heterocycles. The van der Waals surface area contributed by atoms with Crippen LogP contribution in [-0.2, 0) is 4.79 Å². The Labute approximate surface area is 109 Å². The van der Waals surface area contributed by atoms with Gasteiger partial charge in [0, 0.05) is 21.5 Å². The van der Waals surface area contributed by atoms with Crippen molar-refractivity contribution in [1.82, 2.24) is 0 Å². The second kappa shape index (κ2) is 7.09. The van der Waals surface area contributed by atoms with Crippen molar-refractivity contribution in [2.75, 3.05) is 5.75 Å². The van der Waals surface area contributed by atoms with Gasteiger partial charge < -0.3 is 5.11 Å². The van der Waals surface area contributed by atoms with Crippen LogP contribution < -0.4 is 0 Å². The second-order valence-electron chi connectivity index (χ2n) is 3.65. The Bertz CT molecular complexity index is 337. The summed E-state index contributed by atoms with van der Waals surface area (Å²) < 4.78 is 1.06. The third-order valence-corrected chi connectivity index (χ3v) is 3.63. The maximum atomic E-state index is 10.8. The second-order valence-corrected chi connectivity index (χ2v) is 5.74. The van der Waals surface area contributed by atoms with Gasteiger partial charge in [-0.25, -0.2) is 0 Å². The lowest BCUT2D eigenvalue weighted by atomic mass is 10.1. The number of benzene rings is 1. The summed E-state index contributed by atoms with van der Waals surface area (Å²) in [4.78, 5) is 11.9. The highest BCUT2D eigenvalue weighted by Gasteiger charge is 2.06. The Kier molecular flexibility index (Phi) is 6.09. The Hall–Kier alpha value is -0.320. The molecule has 0 amide bonds. The molecule has 0 aliphatic carbocycles. The number of rotatable bonds is 6. The molecule has 0 aliphatic rings. The lowest BCUT2D eigenvalue weighted by Crippen LogP contribution is -2.11. The molecule has 0 radical (unpaired) electrons. The van der Waals surface area contributed by atoms with E-state index in [0.717, 1.165) is 10.2 Å². The van der Waals surface area contributed by atoms with Gasteiger partial charge in [0.2, 0.25) is 0 Å². The van der Waals surface area contributed by atoms with Gasteiger partial charge in [-0.1, -0.05) is 15.9 Å². The van der Waals surface area contributed by atoms with Gasteiger partial charge in [-0.2, -0.15) is 0 Å². The van der Waals surface area contributed by atoms with Crippen LogP contribution in [0.2, 0.25) is 0 Å². The van der Waals surface area contributed by atoms with E-state index >= 15 is 0 Å².